The van der Waals surface area contributed by atoms with Crippen LogP contribution in [0.5, 0.6) is 0 Å². The normalized spacial score (nSPS) is 11.8. The molecule has 7 heteroatoms. The second-order valence-electron chi connectivity index (χ2n) is 3.66. The molecule has 3 nitrogen and oxygen atoms in total. The Morgan fingerprint density at radius 1 is 1.33 bits per heavy atom. The molecule has 0 amide bonds. The first-order valence-electron chi connectivity index (χ1n) is 5.03. The number of nitrogens with two attached hydrogens (primary N) is 1. The Balaban J connectivity index is 2.40. The molecule has 1 heterocycles. The van der Waals surface area contributed by atoms with E-state index in [1.807, 2.05) is 0 Å². The zero-order valence-electron chi connectivity index (χ0n) is 9.05. The average molecular weight is 320 g/mol. The summed E-state index contributed by atoms with van der Waals surface area (Å²) in [4.78, 5) is 5.98. The molecule has 1 aromatic carbocycles. The zero-order chi connectivity index (χ0) is 13.3. The van der Waals surface area contributed by atoms with Gasteiger partial charge in [0.1, 0.15) is 11.5 Å². The van der Waals surface area contributed by atoms with Gasteiger partial charge in [-0.05, 0) is 17.7 Å². The molecule has 2 rings (SSSR count). The monoisotopic (exact) mass is 319 g/mol. The van der Waals surface area contributed by atoms with Gasteiger partial charge in [0.25, 0.3) is 0 Å². The summed E-state index contributed by atoms with van der Waals surface area (Å²) in [5, 5.41) is 0. The van der Waals surface area contributed by atoms with Gasteiger partial charge in [-0.25, -0.2) is 4.98 Å². The lowest BCUT2D eigenvalue weighted by Gasteiger charge is -2.04. The summed E-state index contributed by atoms with van der Waals surface area (Å²) in [6, 6.07) is 5.17. The molecule has 0 aliphatic rings. The van der Waals surface area contributed by atoms with E-state index in [0.717, 1.165) is 11.8 Å². The maximum atomic E-state index is 12.4. The van der Waals surface area contributed by atoms with Crippen LogP contribution in [0.4, 0.5) is 13.2 Å². The molecule has 18 heavy (non-hydrogen) atoms. The Bertz CT molecular complexity index is 563. The van der Waals surface area contributed by atoms with E-state index in [1.54, 1.807) is 18.2 Å². The number of halogens is 4. The van der Waals surface area contributed by atoms with Crippen molar-refractivity contribution in [1.29, 1.82) is 0 Å². The number of alkyl halides is 3. The number of imidazole rings is 1. The standard InChI is InChI=1S/C11H9BrF3N3/c12-8-3-6(4-16)1-2-7(8)10-17-5-9(18-10)11(13,14)15/h1-3,5H,4,16H2,(H,17,18). The van der Waals surface area contributed by atoms with Crippen molar-refractivity contribution in [3.8, 4) is 11.4 Å². The van der Waals surface area contributed by atoms with Crippen LogP contribution in [0.15, 0.2) is 28.9 Å². The Morgan fingerprint density at radius 3 is 2.56 bits per heavy atom. The van der Waals surface area contributed by atoms with E-state index < -0.39 is 11.9 Å². The van der Waals surface area contributed by atoms with E-state index >= 15 is 0 Å². The molecular formula is C11H9BrF3N3. The molecule has 3 N–H and O–H groups in total. The summed E-state index contributed by atoms with van der Waals surface area (Å²) in [6.45, 7) is 0.366. The van der Waals surface area contributed by atoms with Gasteiger partial charge in [0, 0.05) is 16.6 Å². The van der Waals surface area contributed by atoms with E-state index in [-0.39, 0.29) is 5.82 Å². The van der Waals surface area contributed by atoms with Crippen LogP contribution in [0.1, 0.15) is 11.3 Å². The van der Waals surface area contributed by atoms with Crippen molar-refractivity contribution < 1.29 is 13.2 Å². The minimum Gasteiger partial charge on any atom is -0.334 e. The molecule has 0 unspecified atom stereocenters. The van der Waals surface area contributed by atoms with E-state index in [2.05, 4.69) is 25.9 Å². The van der Waals surface area contributed by atoms with Crippen molar-refractivity contribution >= 4 is 15.9 Å². The summed E-state index contributed by atoms with van der Waals surface area (Å²) in [5.74, 6) is 0.165. The highest BCUT2D eigenvalue weighted by Gasteiger charge is 2.33. The number of nitrogens with one attached hydrogen (secondary N) is 1. The smallest absolute Gasteiger partial charge is 0.334 e. The third kappa shape index (κ3) is 2.56. The van der Waals surface area contributed by atoms with Crippen molar-refractivity contribution in [3.63, 3.8) is 0 Å². The summed E-state index contributed by atoms with van der Waals surface area (Å²) in [5.41, 5.74) is 6.05. The van der Waals surface area contributed by atoms with Gasteiger partial charge in [0.15, 0.2) is 0 Å². The van der Waals surface area contributed by atoms with E-state index in [4.69, 9.17) is 5.73 Å². The summed E-state index contributed by atoms with van der Waals surface area (Å²) < 4.78 is 38.0. The number of benzene rings is 1. The van der Waals surface area contributed by atoms with Crippen LogP contribution in [-0.2, 0) is 12.7 Å². The number of hydrogen-bond donors (Lipinski definition) is 2. The molecule has 0 atom stereocenters. The predicted octanol–water partition coefficient (Wildman–Crippen LogP) is 3.32. The van der Waals surface area contributed by atoms with Gasteiger partial charge in [-0.2, -0.15) is 13.2 Å². The highest BCUT2D eigenvalue weighted by Crippen LogP contribution is 2.32. The molecule has 0 spiro atoms. The zero-order valence-corrected chi connectivity index (χ0v) is 10.6. The molecule has 0 aliphatic heterocycles. The van der Waals surface area contributed by atoms with Crippen LogP contribution in [-0.4, -0.2) is 9.97 Å². The number of nitrogens with zero attached hydrogens (tertiary/aromatic N) is 1. The second-order valence-corrected chi connectivity index (χ2v) is 4.52. The third-order valence-electron chi connectivity index (χ3n) is 2.41. The molecule has 2 aromatic rings. The summed E-state index contributed by atoms with van der Waals surface area (Å²) >= 11 is 3.29. The first kappa shape index (κ1) is 13.1. The van der Waals surface area contributed by atoms with Gasteiger partial charge < -0.3 is 10.7 Å². The first-order chi connectivity index (χ1) is 8.41. The van der Waals surface area contributed by atoms with Crippen LogP contribution in [0.3, 0.4) is 0 Å². The van der Waals surface area contributed by atoms with Crippen molar-refractivity contribution in [1.82, 2.24) is 9.97 Å². The number of H-pyrrole nitrogens is 1. The molecule has 0 saturated heterocycles. The van der Waals surface area contributed by atoms with Crippen LogP contribution in [0, 0.1) is 0 Å². The maximum Gasteiger partial charge on any atom is 0.432 e. The molecular weight excluding hydrogens is 311 g/mol. The quantitative estimate of drug-likeness (QED) is 0.892. The topological polar surface area (TPSA) is 54.7 Å². The van der Waals surface area contributed by atoms with Crippen LogP contribution >= 0.6 is 15.9 Å². The van der Waals surface area contributed by atoms with Gasteiger partial charge in [0.05, 0.1) is 6.20 Å². The minimum atomic E-state index is -4.42. The summed E-state index contributed by atoms with van der Waals surface area (Å²) in [6.07, 6.45) is -3.65. The maximum absolute atomic E-state index is 12.4. The Morgan fingerprint density at radius 2 is 2.06 bits per heavy atom. The fourth-order valence-corrected chi connectivity index (χ4v) is 2.09. The predicted molar refractivity (Wildman–Crippen MR) is 64.6 cm³/mol. The van der Waals surface area contributed by atoms with Crippen molar-refractivity contribution in [2.45, 2.75) is 12.7 Å². The molecule has 1 aromatic heterocycles. The van der Waals surface area contributed by atoms with Crippen molar-refractivity contribution in [2.24, 2.45) is 5.73 Å². The highest BCUT2D eigenvalue weighted by molar-refractivity contribution is 9.10. The first-order valence-corrected chi connectivity index (χ1v) is 5.82. The van der Waals surface area contributed by atoms with Crippen LogP contribution < -0.4 is 5.73 Å². The van der Waals surface area contributed by atoms with E-state index in [0.29, 0.717) is 16.6 Å². The SMILES string of the molecule is NCc1ccc(-c2ncc(C(F)(F)F)[nH]2)c(Br)c1. The fourth-order valence-electron chi connectivity index (χ4n) is 1.48. The Labute approximate surface area is 109 Å². The second kappa shape index (κ2) is 4.74. The van der Waals surface area contributed by atoms with Crippen LogP contribution in [0.25, 0.3) is 11.4 Å². The summed E-state index contributed by atoms with van der Waals surface area (Å²) in [7, 11) is 0. The number of rotatable bonds is 2. The van der Waals surface area contributed by atoms with Gasteiger partial charge in [-0.3, -0.25) is 0 Å². The lowest BCUT2D eigenvalue weighted by Crippen LogP contribution is -2.04. The molecule has 0 bridgehead atoms. The number of aromatic amines is 1. The van der Waals surface area contributed by atoms with Gasteiger partial charge >= 0.3 is 6.18 Å². The van der Waals surface area contributed by atoms with E-state index in [9.17, 15) is 13.2 Å². The number of aromatic nitrogens is 2. The Kier molecular flexibility index (Phi) is 3.45. The molecule has 0 saturated carbocycles. The molecule has 0 fully saturated rings. The highest BCUT2D eigenvalue weighted by atomic mass is 79.9. The third-order valence-corrected chi connectivity index (χ3v) is 3.06. The van der Waals surface area contributed by atoms with Gasteiger partial charge in [-0.15, -0.1) is 0 Å². The molecule has 0 aliphatic carbocycles. The lowest BCUT2D eigenvalue weighted by molar-refractivity contribution is -0.140. The molecule has 96 valence electrons. The van der Waals surface area contributed by atoms with Gasteiger partial charge in [-0.1, -0.05) is 22.0 Å². The Hall–Kier alpha value is -1.34. The number of hydrogen-bond acceptors (Lipinski definition) is 2. The van der Waals surface area contributed by atoms with E-state index in [1.165, 1.54) is 0 Å². The van der Waals surface area contributed by atoms with Crippen molar-refractivity contribution in [2.75, 3.05) is 0 Å². The van der Waals surface area contributed by atoms with Crippen LogP contribution in [0.2, 0.25) is 0 Å². The van der Waals surface area contributed by atoms with Gasteiger partial charge in [0.2, 0.25) is 0 Å². The minimum absolute atomic E-state index is 0.165. The average Bonchev–Trinajstić information content (AvgIpc) is 2.77. The molecule has 0 radical (unpaired) electrons. The fraction of sp³-hybridized carbons (Fsp3) is 0.182. The lowest BCUT2D eigenvalue weighted by atomic mass is 10.1. The van der Waals surface area contributed by atoms with Crippen molar-refractivity contribution in [3.05, 3.63) is 40.1 Å². The largest absolute Gasteiger partial charge is 0.432 e.